The molecule has 2 rings (SSSR count). The molecule has 0 bridgehead atoms. The van der Waals surface area contributed by atoms with E-state index in [1.54, 1.807) is 0 Å². The molecule has 0 saturated heterocycles. The van der Waals surface area contributed by atoms with Gasteiger partial charge in [-0.15, -0.1) is 0 Å². The van der Waals surface area contributed by atoms with Crippen molar-refractivity contribution < 1.29 is 0 Å². The van der Waals surface area contributed by atoms with Crippen LogP contribution in [0.4, 0.5) is 5.82 Å². The van der Waals surface area contributed by atoms with Gasteiger partial charge in [-0.05, 0) is 42.5 Å². The SMILES string of the molecule is Cc1cc(Br)ccc1-n1nc(CC(C)(C)C)cc1N. The van der Waals surface area contributed by atoms with Crippen molar-refractivity contribution in [3.63, 3.8) is 0 Å². The topological polar surface area (TPSA) is 43.8 Å². The summed E-state index contributed by atoms with van der Waals surface area (Å²) in [6.07, 6.45) is 0.916. The van der Waals surface area contributed by atoms with Gasteiger partial charge in [0.2, 0.25) is 0 Å². The van der Waals surface area contributed by atoms with E-state index in [-0.39, 0.29) is 5.41 Å². The number of aryl methyl sites for hydroxylation is 1. The molecule has 0 aliphatic heterocycles. The van der Waals surface area contributed by atoms with E-state index in [0.717, 1.165) is 27.8 Å². The molecule has 4 heteroatoms. The minimum atomic E-state index is 0.209. The number of nitrogens with two attached hydrogens (primary N) is 1. The van der Waals surface area contributed by atoms with Gasteiger partial charge in [0.1, 0.15) is 5.82 Å². The Bertz CT molecular complexity index is 594. The van der Waals surface area contributed by atoms with E-state index in [1.807, 2.05) is 22.9 Å². The minimum absolute atomic E-state index is 0.209. The summed E-state index contributed by atoms with van der Waals surface area (Å²) in [5, 5.41) is 4.63. The second kappa shape index (κ2) is 5.00. The van der Waals surface area contributed by atoms with Gasteiger partial charge in [0.15, 0.2) is 0 Å². The van der Waals surface area contributed by atoms with Crippen molar-refractivity contribution in [1.82, 2.24) is 9.78 Å². The van der Waals surface area contributed by atoms with Crippen LogP contribution in [0.25, 0.3) is 5.69 Å². The van der Waals surface area contributed by atoms with Gasteiger partial charge in [-0.3, -0.25) is 0 Å². The second-order valence-electron chi connectivity index (χ2n) is 6.14. The fourth-order valence-electron chi connectivity index (χ4n) is 2.13. The van der Waals surface area contributed by atoms with Crippen molar-refractivity contribution in [1.29, 1.82) is 0 Å². The van der Waals surface area contributed by atoms with Gasteiger partial charge in [0.25, 0.3) is 0 Å². The van der Waals surface area contributed by atoms with E-state index in [1.165, 1.54) is 0 Å². The molecule has 0 unspecified atom stereocenters. The van der Waals surface area contributed by atoms with E-state index in [2.05, 4.69) is 54.8 Å². The number of nitrogen functional groups attached to an aromatic ring is 1. The smallest absolute Gasteiger partial charge is 0.127 e. The number of hydrogen-bond acceptors (Lipinski definition) is 2. The van der Waals surface area contributed by atoms with E-state index in [4.69, 9.17) is 5.73 Å². The Hall–Kier alpha value is -1.29. The van der Waals surface area contributed by atoms with E-state index < -0.39 is 0 Å². The molecule has 2 N–H and O–H groups in total. The van der Waals surface area contributed by atoms with Crippen LogP contribution in [-0.4, -0.2) is 9.78 Å². The molecule has 102 valence electrons. The van der Waals surface area contributed by atoms with Crippen LogP contribution >= 0.6 is 15.9 Å². The maximum absolute atomic E-state index is 6.09. The zero-order chi connectivity index (χ0) is 14.2. The molecule has 2 aromatic rings. The number of nitrogens with zero attached hydrogens (tertiary/aromatic N) is 2. The summed E-state index contributed by atoms with van der Waals surface area (Å²) in [6, 6.07) is 8.07. The number of anilines is 1. The first-order valence-electron chi connectivity index (χ1n) is 6.37. The first kappa shape index (κ1) is 14.1. The van der Waals surface area contributed by atoms with Crippen molar-refractivity contribution in [3.05, 3.63) is 40.0 Å². The fourth-order valence-corrected chi connectivity index (χ4v) is 2.60. The summed E-state index contributed by atoms with van der Waals surface area (Å²) in [4.78, 5) is 0. The molecule has 0 aliphatic carbocycles. The molecule has 1 aromatic carbocycles. The maximum atomic E-state index is 6.09. The molecule has 3 nitrogen and oxygen atoms in total. The number of rotatable bonds is 2. The van der Waals surface area contributed by atoms with Gasteiger partial charge >= 0.3 is 0 Å². The molecular formula is C15H20BrN3. The van der Waals surface area contributed by atoms with Crippen molar-refractivity contribution in [3.8, 4) is 5.69 Å². The van der Waals surface area contributed by atoms with Crippen LogP contribution in [0.1, 0.15) is 32.0 Å². The van der Waals surface area contributed by atoms with Gasteiger partial charge in [-0.2, -0.15) is 5.10 Å². The van der Waals surface area contributed by atoms with Crippen LogP contribution in [0.15, 0.2) is 28.7 Å². The van der Waals surface area contributed by atoms with Crippen LogP contribution in [0, 0.1) is 12.3 Å². The van der Waals surface area contributed by atoms with Crippen LogP contribution in [0.3, 0.4) is 0 Å². The third-order valence-electron chi connectivity index (χ3n) is 2.89. The molecule has 0 aliphatic rings. The Labute approximate surface area is 122 Å². The third-order valence-corrected chi connectivity index (χ3v) is 3.38. The normalized spacial score (nSPS) is 11.8. The van der Waals surface area contributed by atoms with Crippen LogP contribution in [0.2, 0.25) is 0 Å². The third kappa shape index (κ3) is 3.38. The van der Waals surface area contributed by atoms with Crippen LogP contribution in [0.5, 0.6) is 0 Å². The largest absolute Gasteiger partial charge is 0.384 e. The van der Waals surface area contributed by atoms with Gasteiger partial charge < -0.3 is 5.73 Å². The highest BCUT2D eigenvalue weighted by molar-refractivity contribution is 9.10. The van der Waals surface area contributed by atoms with Gasteiger partial charge in [-0.1, -0.05) is 36.7 Å². The molecule has 0 fully saturated rings. The highest BCUT2D eigenvalue weighted by Crippen LogP contribution is 2.25. The Morgan fingerprint density at radius 3 is 2.53 bits per heavy atom. The van der Waals surface area contributed by atoms with Crippen molar-refractivity contribution >= 4 is 21.7 Å². The predicted molar refractivity (Wildman–Crippen MR) is 83.6 cm³/mol. The summed E-state index contributed by atoms with van der Waals surface area (Å²) in [5.41, 5.74) is 9.50. The number of halogens is 1. The summed E-state index contributed by atoms with van der Waals surface area (Å²) >= 11 is 3.47. The van der Waals surface area contributed by atoms with Crippen molar-refractivity contribution in [2.75, 3.05) is 5.73 Å². The molecule has 19 heavy (non-hydrogen) atoms. The highest BCUT2D eigenvalue weighted by Gasteiger charge is 2.16. The van der Waals surface area contributed by atoms with E-state index in [0.29, 0.717) is 5.82 Å². The first-order valence-corrected chi connectivity index (χ1v) is 7.16. The number of hydrogen-bond donors (Lipinski definition) is 1. The molecule has 0 radical (unpaired) electrons. The first-order chi connectivity index (χ1) is 8.76. The van der Waals surface area contributed by atoms with Gasteiger partial charge in [0, 0.05) is 10.5 Å². The van der Waals surface area contributed by atoms with E-state index >= 15 is 0 Å². The van der Waals surface area contributed by atoms with Gasteiger partial charge in [-0.25, -0.2) is 4.68 Å². The Morgan fingerprint density at radius 2 is 1.95 bits per heavy atom. The highest BCUT2D eigenvalue weighted by atomic mass is 79.9. The Kier molecular flexibility index (Phi) is 3.72. The second-order valence-corrected chi connectivity index (χ2v) is 7.06. The van der Waals surface area contributed by atoms with E-state index in [9.17, 15) is 0 Å². The predicted octanol–water partition coefficient (Wildman–Crippen LogP) is 4.11. The Balaban J connectivity index is 2.40. The minimum Gasteiger partial charge on any atom is -0.384 e. The average Bonchev–Trinajstić information content (AvgIpc) is 2.56. The number of aromatic nitrogens is 2. The quantitative estimate of drug-likeness (QED) is 0.904. The summed E-state index contributed by atoms with van der Waals surface area (Å²) in [7, 11) is 0. The van der Waals surface area contributed by atoms with Crippen molar-refractivity contribution in [2.24, 2.45) is 5.41 Å². The standard InChI is InChI=1S/C15H20BrN3/c1-10-7-11(16)5-6-13(10)19-14(17)8-12(18-19)9-15(2,3)4/h5-8H,9,17H2,1-4H3. The lowest BCUT2D eigenvalue weighted by Crippen LogP contribution is -2.10. The van der Waals surface area contributed by atoms with Crippen molar-refractivity contribution in [2.45, 2.75) is 34.1 Å². The molecule has 0 amide bonds. The molecule has 0 atom stereocenters. The summed E-state index contributed by atoms with van der Waals surface area (Å²) < 4.78 is 2.89. The monoisotopic (exact) mass is 321 g/mol. The van der Waals surface area contributed by atoms with Gasteiger partial charge in [0.05, 0.1) is 11.4 Å². The fraction of sp³-hybridized carbons (Fsp3) is 0.400. The molecule has 0 saturated carbocycles. The van der Waals surface area contributed by atoms with Crippen LogP contribution in [-0.2, 0) is 6.42 Å². The van der Waals surface area contributed by atoms with Crippen LogP contribution < -0.4 is 5.73 Å². The molecule has 0 spiro atoms. The maximum Gasteiger partial charge on any atom is 0.127 e. The molecular weight excluding hydrogens is 302 g/mol. The lowest BCUT2D eigenvalue weighted by Gasteiger charge is -2.15. The zero-order valence-electron chi connectivity index (χ0n) is 11.9. The average molecular weight is 322 g/mol. The zero-order valence-corrected chi connectivity index (χ0v) is 13.5. The molecule has 1 heterocycles. The molecule has 1 aromatic heterocycles. The summed E-state index contributed by atoms with van der Waals surface area (Å²) in [5.74, 6) is 0.685. The lowest BCUT2D eigenvalue weighted by atomic mass is 9.91. The summed E-state index contributed by atoms with van der Waals surface area (Å²) in [6.45, 7) is 8.66. The Morgan fingerprint density at radius 1 is 1.26 bits per heavy atom. The lowest BCUT2D eigenvalue weighted by molar-refractivity contribution is 0.405. The number of benzene rings is 1.